The van der Waals surface area contributed by atoms with Crippen LogP contribution in [-0.2, 0) is 19.4 Å². The molecule has 2 aromatic rings. The number of hydrogen-bond acceptors (Lipinski definition) is 3. The highest BCUT2D eigenvalue weighted by atomic mass is 16.3. The number of nitrogens with zero attached hydrogens (tertiary/aromatic N) is 2. The first-order valence-electron chi connectivity index (χ1n) is 7.79. The summed E-state index contributed by atoms with van der Waals surface area (Å²) >= 11 is 0. The SMILES string of the molecule is O=C(c1n[nH]c2c1CCCC2)N(CCO)Cc1ccccc1. The van der Waals surface area contributed by atoms with Crippen molar-refractivity contribution in [2.45, 2.75) is 32.2 Å². The highest BCUT2D eigenvalue weighted by Gasteiger charge is 2.25. The van der Waals surface area contributed by atoms with E-state index in [2.05, 4.69) is 10.2 Å². The van der Waals surface area contributed by atoms with Crippen LogP contribution in [0.15, 0.2) is 30.3 Å². The minimum atomic E-state index is -0.0997. The van der Waals surface area contributed by atoms with Crippen LogP contribution in [0.25, 0.3) is 0 Å². The van der Waals surface area contributed by atoms with Gasteiger partial charge in [-0.15, -0.1) is 0 Å². The van der Waals surface area contributed by atoms with Crippen LogP contribution in [0.5, 0.6) is 0 Å². The van der Waals surface area contributed by atoms with Crippen molar-refractivity contribution in [1.82, 2.24) is 15.1 Å². The number of aromatic nitrogens is 2. The van der Waals surface area contributed by atoms with Gasteiger partial charge >= 0.3 is 0 Å². The molecule has 0 unspecified atom stereocenters. The molecule has 0 aliphatic heterocycles. The van der Waals surface area contributed by atoms with Crippen LogP contribution in [0.3, 0.4) is 0 Å². The lowest BCUT2D eigenvalue weighted by Gasteiger charge is -2.22. The van der Waals surface area contributed by atoms with E-state index in [9.17, 15) is 9.90 Å². The van der Waals surface area contributed by atoms with Gasteiger partial charge in [0.1, 0.15) is 0 Å². The Morgan fingerprint density at radius 2 is 2.00 bits per heavy atom. The number of rotatable bonds is 5. The van der Waals surface area contributed by atoms with Crippen molar-refractivity contribution >= 4 is 5.91 Å². The molecule has 116 valence electrons. The molecule has 0 fully saturated rings. The fraction of sp³-hybridized carbons (Fsp3) is 0.412. The number of aryl methyl sites for hydroxylation is 1. The van der Waals surface area contributed by atoms with Crippen molar-refractivity contribution in [1.29, 1.82) is 0 Å². The predicted octanol–water partition coefficient (Wildman–Crippen LogP) is 1.92. The zero-order valence-corrected chi connectivity index (χ0v) is 12.6. The molecule has 1 aromatic carbocycles. The van der Waals surface area contributed by atoms with Gasteiger partial charge in [0.15, 0.2) is 5.69 Å². The first-order chi connectivity index (χ1) is 10.8. The first-order valence-corrected chi connectivity index (χ1v) is 7.79. The summed E-state index contributed by atoms with van der Waals surface area (Å²) in [5.74, 6) is -0.0997. The molecule has 1 aliphatic carbocycles. The Hall–Kier alpha value is -2.14. The fourth-order valence-electron chi connectivity index (χ4n) is 2.98. The van der Waals surface area contributed by atoms with Crippen LogP contribution in [0.1, 0.15) is 40.2 Å². The van der Waals surface area contributed by atoms with Crippen LogP contribution in [0, 0.1) is 0 Å². The summed E-state index contributed by atoms with van der Waals surface area (Å²) in [5.41, 5.74) is 3.73. The normalized spacial score (nSPS) is 13.7. The van der Waals surface area contributed by atoms with Crippen molar-refractivity contribution in [3.8, 4) is 0 Å². The van der Waals surface area contributed by atoms with E-state index in [1.807, 2.05) is 30.3 Å². The molecule has 0 saturated heterocycles. The van der Waals surface area contributed by atoms with Crippen LogP contribution < -0.4 is 0 Å². The van der Waals surface area contributed by atoms with Gasteiger partial charge in [0.2, 0.25) is 0 Å². The van der Waals surface area contributed by atoms with Gasteiger partial charge < -0.3 is 10.0 Å². The summed E-state index contributed by atoms with van der Waals surface area (Å²) in [6, 6.07) is 9.82. The predicted molar refractivity (Wildman–Crippen MR) is 83.5 cm³/mol. The van der Waals surface area contributed by atoms with E-state index in [1.54, 1.807) is 4.90 Å². The van der Waals surface area contributed by atoms with Gasteiger partial charge in [-0.3, -0.25) is 9.89 Å². The molecule has 0 radical (unpaired) electrons. The lowest BCUT2D eigenvalue weighted by molar-refractivity contribution is 0.0700. The Morgan fingerprint density at radius 1 is 1.23 bits per heavy atom. The van der Waals surface area contributed by atoms with E-state index in [0.717, 1.165) is 42.5 Å². The van der Waals surface area contributed by atoms with Crippen molar-refractivity contribution in [3.63, 3.8) is 0 Å². The monoisotopic (exact) mass is 299 g/mol. The smallest absolute Gasteiger partial charge is 0.275 e. The molecule has 22 heavy (non-hydrogen) atoms. The van der Waals surface area contributed by atoms with Crippen molar-refractivity contribution in [2.24, 2.45) is 0 Å². The van der Waals surface area contributed by atoms with Crippen LogP contribution in [0.2, 0.25) is 0 Å². The standard InChI is InChI=1S/C17H21N3O2/c21-11-10-20(12-13-6-2-1-3-7-13)17(22)16-14-8-4-5-9-15(14)18-19-16/h1-3,6-7,21H,4-5,8-12H2,(H,18,19). The fourth-order valence-corrected chi connectivity index (χ4v) is 2.98. The van der Waals surface area contributed by atoms with E-state index in [1.165, 1.54) is 0 Å². The summed E-state index contributed by atoms with van der Waals surface area (Å²) in [4.78, 5) is 14.5. The van der Waals surface area contributed by atoms with Crippen LogP contribution in [-0.4, -0.2) is 39.3 Å². The Morgan fingerprint density at radius 3 is 2.77 bits per heavy atom. The van der Waals surface area contributed by atoms with Gasteiger partial charge in [-0.2, -0.15) is 5.10 Å². The zero-order chi connectivity index (χ0) is 15.4. The topological polar surface area (TPSA) is 69.2 Å². The van der Waals surface area contributed by atoms with E-state index < -0.39 is 0 Å². The summed E-state index contributed by atoms with van der Waals surface area (Å²) < 4.78 is 0. The summed E-state index contributed by atoms with van der Waals surface area (Å²) in [6.45, 7) is 0.752. The quantitative estimate of drug-likeness (QED) is 0.886. The van der Waals surface area contributed by atoms with Crippen molar-refractivity contribution in [3.05, 3.63) is 52.8 Å². The number of benzene rings is 1. The summed E-state index contributed by atoms with van der Waals surface area (Å²) in [7, 11) is 0. The molecule has 0 bridgehead atoms. The van der Waals surface area contributed by atoms with E-state index in [4.69, 9.17) is 0 Å². The molecule has 0 spiro atoms. The minimum absolute atomic E-state index is 0.0504. The van der Waals surface area contributed by atoms with Crippen molar-refractivity contribution < 1.29 is 9.90 Å². The number of aromatic amines is 1. The number of aliphatic hydroxyl groups excluding tert-OH is 1. The molecule has 5 nitrogen and oxygen atoms in total. The Kier molecular flexibility index (Phi) is 4.53. The highest BCUT2D eigenvalue weighted by Crippen LogP contribution is 2.23. The van der Waals surface area contributed by atoms with Crippen LogP contribution >= 0.6 is 0 Å². The molecule has 5 heteroatoms. The number of carbonyl (C=O) groups is 1. The first kappa shape index (κ1) is 14.8. The molecule has 1 amide bonds. The second-order valence-electron chi connectivity index (χ2n) is 5.67. The Labute approximate surface area is 130 Å². The molecule has 3 rings (SSSR count). The second kappa shape index (κ2) is 6.75. The van der Waals surface area contributed by atoms with Gasteiger partial charge in [-0.1, -0.05) is 30.3 Å². The molecule has 2 N–H and O–H groups in total. The lowest BCUT2D eigenvalue weighted by atomic mass is 9.95. The minimum Gasteiger partial charge on any atom is -0.395 e. The third kappa shape index (κ3) is 3.04. The zero-order valence-electron chi connectivity index (χ0n) is 12.6. The molecular weight excluding hydrogens is 278 g/mol. The number of fused-ring (bicyclic) bond motifs is 1. The maximum atomic E-state index is 12.8. The number of nitrogens with one attached hydrogen (secondary N) is 1. The van der Waals surface area contributed by atoms with E-state index in [0.29, 0.717) is 18.8 Å². The number of H-pyrrole nitrogens is 1. The second-order valence-corrected chi connectivity index (χ2v) is 5.67. The molecular formula is C17H21N3O2. The van der Waals surface area contributed by atoms with Crippen molar-refractivity contribution in [2.75, 3.05) is 13.2 Å². The molecule has 1 aromatic heterocycles. The van der Waals surface area contributed by atoms with Gasteiger partial charge in [0.05, 0.1) is 6.61 Å². The number of hydrogen-bond donors (Lipinski definition) is 2. The summed E-state index contributed by atoms with van der Waals surface area (Å²) in [6.07, 6.45) is 4.12. The van der Waals surface area contributed by atoms with Gasteiger partial charge in [0.25, 0.3) is 5.91 Å². The lowest BCUT2D eigenvalue weighted by Crippen LogP contribution is -2.34. The summed E-state index contributed by atoms with van der Waals surface area (Å²) in [5, 5.41) is 16.5. The third-order valence-corrected chi connectivity index (χ3v) is 4.13. The van der Waals surface area contributed by atoms with E-state index >= 15 is 0 Å². The van der Waals surface area contributed by atoms with Gasteiger partial charge in [-0.05, 0) is 31.2 Å². The molecule has 0 atom stereocenters. The average molecular weight is 299 g/mol. The molecule has 1 heterocycles. The Bertz CT molecular complexity index is 637. The number of aliphatic hydroxyl groups is 1. The van der Waals surface area contributed by atoms with E-state index in [-0.39, 0.29) is 12.5 Å². The van der Waals surface area contributed by atoms with Gasteiger partial charge in [-0.25, -0.2) is 0 Å². The largest absolute Gasteiger partial charge is 0.395 e. The Balaban J connectivity index is 1.82. The number of amides is 1. The molecule has 0 saturated carbocycles. The molecule has 1 aliphatic rings. The van der Waals surface area contributed by atoms with Gasteiger partial charge in [0, 0.05) is 24.3 Å². The maximum Gasteiger partial charge on any atom is 0.275 e. The maximum absolute atomic E-state index is 12.8. The highest BCUT2D eigenvalue weighted by molar-refractivity contribution is 5.94. The number of carbonyl (C=O) groups excluding carboxylic acids is 1. The average Bonchev–Trinajstić information content (AvgIpc) is 2.99. The third-order valence-electron chi connectivity index (χ3n) is 4.13. The van der Waals surface area contributed by atoms with Crippen LogP contribution in [0.4, 0.5) is 0 Å².